The van der Waals surface area contributed by atoms with Crippen LogP contribution in [0.25, 0.3) is 10.9 Å². The number of aromatic nitrogens is 2. The smallest absolute Gasteiger partial charge is 0.145 e. The second-order valence-corrected chi connectivity index (χ2v) is 8.80. The van der Waals surface area contributed by atoms with Gasteiger partial charge < -0.3 is 29.2 Å². The van der Waals surface area contributed by atoms with Crippen molar-refractivity contribution < 1.29 is 23.3 Å². The Kier molecular flexibility index (Phi) is 8.92. The largest absolute Gasteiger partial charge is 0.493 e. The quantitative estimate of drug-likeness (QED) is 0.356. The highest BCUT2D eigenvalue weighted by atomic mass is 35.5. The van der Waals surface area contributed by atoms with Crippen molar-refractivity contribution in [2.45, 2.75) is 18.9 Å². The molecular formula is C25H30ClFN4O4. The van der Waals surface area contributed by atoms with Crippen molar-refractivity contribution in [3.63, 3.8) is 0 Å². The van der Waals surface area contributed by atoms with Gasteiger partial charge in [0.15, 0.2) is 0 Å². The molecule has 1 atom stereocenters. The lowest BCUT2D eigenvalue weighted by Crippen LogP contribution is -2.25. The Morgan fingerprint density at radius 3 is 2.86 bits per heavy atom. The van der Waals surface area contributed by atoms with E-state index in [1.807, 2.05) is 12.1 Å². The molecule has 188 valence electrons. The Hall–Kier alpha value is -2.72. The van der Waals surface area contributed by atoms with E-state index in [-0.39, 0.29) is 11.1 Å². The number of hydrogen-bond donors (Lipinski definition) is 1. The van der Waals surface area contributed by atoms with Gasteiger partial charge in [-0.3, -0.25) is 0 Å². The van der Waals surface area contributed by atoms with E-state index in [1.165, 1.54) is 18.5 Å². The molecule has 1 saturated heterocycles. The summed E-state index contributed by atoms with van der Waals surface area (Å²) in [5.41, 5.74) is 1.27. The Balaban J connectivity index is 1.56. The summed E-state index contributed by atoms with van der Waals surface area (Å²) in [5.74, 6) is 1.31. The molecule has 0 saturated carbocycles. The van der Waals surface area contributed by atoms with E-state index in [9.17, 15) is 4.39 Å². The van der Waals surface area contributed by atoms with Gasteiger partial charge >= 0.3 is 0 Å². The molecule has 35 heavy (non-hydrogen) atoms. The molecule has 0 bridgehead atoms. The summed E-state index contributed by atoms with van der Waals surface area (Å²) in [6, 6.07) is 8.15. The monoisotopic (exact) mass is 504 g/mol. The van der Waals surface area contributed by atoms with Gasteiger partial charge in [-0.25, -0.2) is 14.4 Å². The minimum Gasteiger partial charge on any atom is -0.493 e. The molecule has 2 heterocycles. The standard InChI is InChI=1S/C25H30ClFN4O4/c1-31(8-11-32-2)7-3-9-34-19-13-22-24(23(14-19)35-18-6-10-33-15-18)25(29-16-28-22)30-17-4-5-21(27)20(26)12-17/h4-5,12-14,16,18H,3,6-11,15H2,1-2H3,(H,28,29,30). The first-order chi connectivity index (χ1) is 17.0. The van der Waals surface area contributed by atoms with E-state index >= 15 is 0 Å². The minimum absolute atomic E-state index is 0.0245. The molecular weight excluding hydrogens is 475 g/mol. The van der Waals surface area contributed by atoms with Gasteiger partial charge in [-0.05, 0) is 31.7 Å². The molecule has 0 spiro atoms. The number of hydrogen-bond acceptors (Lipinski definition) is 8. The van der Waals surface area contributed by atoms with Crippen LogP contribution < -0.4 is 14.8 Å². The van der Waals surface area contributed by atoms with Gasteiger partial charge in [-0.1, -0.05) is 11.6 Å². The van der Waals surface area contributed by atoms with E-state index in [0.29, 0.717) is 60.3 Å². The number of halogens is 2. The molecule has 4 rings (SSSR count). The van der Waals surface area contributed by atoms with Crippen LogP contribution in [0.1, 0.15) is 12.8 Å². The maximum absolute atomic E-state index is 13.6. The number of rotatable bonds is 12. The average Bonchev–Trinajstić information content (AvgIpc) is 3.36. The lowest BCUT2D eigenvalue weighted by atomic mass is 10.2. The molecule has 0 amide bonds. The van der Waals surface area contributed by atoms with Crippen molar-refractivity contribution in [1.82, 2.24) is 14.9 Å². The second kappa shape index (κ2) is 12.3. The first kappa shape index (κ1) is 25.4. The zero-order valence-electron chi connectivity index (χ0n) is 19.9. The first-order valence-electron chi connectivity index (χ1n) is 11.6. The lowest BCUT2D eigenvalue weighted by Gasteiger charge is -2.18. The molecule has 1 unspecified atom stereocenters. The highest BCUT2D eigenvalue weighted by molar-refractivity contribution is 6.31. The summed E-state index contributed by atoms with van der Waals surface area (Å²) < 4.78 is 36.6. The van der Waals surface area contributed by atoms with Crippen LogP contribution in [0.3, 0.4) is 0 Å². The number of likely N-dealkylation sites (N-methyl/N-ethyl adjacent to an activating group) is 1. The fourth-order valence-electron chi connectivity index (χ4n) is 3.78. The third-order valence-corrected chi connectivity index (χ3v) is 5.96. The third kappa shape index (κ3) is 6.91. The predicted molar refractivity (Wildman–Crippen MR) is 134 cm³/mol. The van der Waals surface area contributed by atoms with E-state index in [1.54, 1.807) is 13.2 Å². The highest BCUT2D eigenvalue weighted by Crippen LogP contribution is 2.37. The number of ether oxygens (including phenoxy) is 4. The van der Waals surface area contributed by atoms with Crippen LogP contribution in [0.5, 0.6) is 11.5 Å². The van der Waals surface area contributed by atoms with Crippen LogP contribution in [0.2, 0.25) is 5.02 Å². The van der Waals surface area contributed by atoms with Crippen molar-refractivity contribution in [1.29, 1.82) is 0 Å². The minimum atomic E-state index is -0.485. The summed E-state index contributed by atoms with van der Waals surface area (Å²) in [5, 5.41) is 3.94. The van der Waals surface area contributed by atoms with Gasteiger partial charge in [-0.15, -0.1) is 0 Å². The van der Waals surface area contributed by atoms with Crippen LogP contribution in [-0.2, 0) is 9.47 Å². The number of methoxy groups -OCH3 is 1. The summed E-state index contributed by atoms with van der Waals surface area (Å²) >= 11 is 5.96. The van der Waals surface area contributed by atoms with Gasteiger partial charge in [0.25, 0.3) is 0 Å². The van der Waals surface area contributed by atoms with Crippen molar-refractivity contribution in [3.8, 4) is 11.5 Å². The maximum Gasteiger partial charge on any atom is 0.145 e. The number of nitrogens with one attached hydrogen (secondary N) is 1. The Morgan fingerprint density at radius 2 is 2.09 bits per heavy atom. The lowest BCUT2D eigenvalue weighted by molar-refractivity contribution is 0.142. The van der Waals surface area contributed by atoms with Crippen molar-refractivity contribution >= 4 is 34.0 Å². The van der Waals surface area contributed by atoms with Crippen molar-refractivity contribution in [2.24, 2.45) is 0 Å². The Bertz CT molecular complexity index is 1130. The van der Waals surface area contributed by atoms with Crippen LogP contribution in [0, 0.1) is 5.82 Å². The number of nitrogens with zero attached hydrogens (tertiary/aromatic N) is 3. The SMILES string of the molecule is COCCN(C)CCCOc1cc(OC2CCOC2)c2c(Nc3ccc(F)c(Cl)c3)ncnc2c1. The zero-order chi connectivity index (χ0) is 24.6. The molecule has 1 aliphatic heterocycles. The van der Waals surface area contributed by atoms with E-state index in [4.69, 9.17) is 30.5 Å². The fraction of sp³-hybridized carbons (Fsp3) is 0.440. The molecule has 1 aromatic heterocycles. The van der Waals surface area contributed by atoms with Gasteiger partial charge in [-0.2, -0.15) is 0 Å². The summed E-state index contributed by atoms with van der Waals surface area (Å²) in [7, 11) is 3.76. The normalized spacial score (nSPS) is 15.6. The number of benzene rings is 2. The molecule has 2 aromatic carbocycles. The molecule has 0 aliphatic carbocycles. The van der Waals surface area contributed by atoms with E-state index in [2.05, 4.69) is 27.2 Å². The van der Waals surface area contributed by atoms with Crippen molar-refractivity contribution in [2.75, 3.05) is 59.0 Å². The van der Waals surface area contributed by atoms with Crippen LogP contribution >= 0.6 is 11.6 Å². The van der Waals surface area contributed by atoms with Gasteiger partial charge in [0.1, 0.15) is 35.6 Å². The summed E-state index contributed by atoms with van der Waals surface area (Å²) in [6.07, 6.45) is 3.06. The molecule has 1 N–H and O–H groups in total. The molecule has 10 heteroatoms. The number of anilines is 2. The molecule has 1 fully saturated rings. The highest BCUT2D eigenvalue weighted by Gasteiger charge is 2.21. The van der Waals surface area contributed by atoms with Gasteiger partial charge in [0.2, 0.25) is 0 Å². The maximum atomic E-state index is 13.6. The Labute approximate surface area is 209 Å². The topological polar surface area (TPSA) is 78.0 Å². The van der Waals surface area contributed by atoms with Gasteiger partial charge in [0, 0.05) is 44.4 Å². The van der Waals surface area contributed by atoms with Crippen molar-refractivity contribution in [3.05, 3.63) is 47.5 Å². The molecule has 3 aromatic rings. The van der Waals surface area contributed by atoms with Crippen LogP contribution in [-0.4, -0.2) is 74.6 Å². The third-order valence-electron chi connectivity index (χ3n) is 5.67. The predicted octanol–water partition coefficient (Wildman–Crippen LogP) is 4.68. The molecule has 0 radical (unpaired) electrons. The number of fused-ring (bicyclic) bond motifs is 1. The fourth-order valence-corrected chi connectivity index (χ4v) is 3.96. The zero-order valence-corrected chi connectivity index (χ0v) is 20.7. The second-order valence-electron chi connectivity index (χ2n) is 8.39. The van der Waals surface area contributed by atoms with Crippen LogP contribution in [0.15, 0.2) is 36.7 Å². The summed E-state index contributed by atoms with van der Waals surface area (Å²) in [4.78, 5) is 11.1. The molecule has 8 nitrogen and oxygen atoms in total. The van der Waals surface area contributed by atoms with Gasteiger partial charge in [0.05, 0.1) is 42.4 Å². The average molecular weight is 505 g/mol. The van der Waals surface area contributed by atoms with E-state index < -0.39 is 5.82 Å². The first-order valence-corrected chi connectivity index (χ1v) is 12.0. The van der Waals surface area contributed by atoms with Crippen LogP contribution in [0.4, 0.5) is 15.9 Å². The summed E-state index contributed by atoms with van der Waals surface area (Å²) in [6.45, 7) is 4.21. The Morgan fingerprint density at radius 1 is 1.20 bits per heavy atom. The van der Waals surface area contributed by atoms with E-state index in [0.717, 1.165) is 25.9 Å². The molecule has 1 aliphatic rings.